The molecule has 1 saturated carbocycles. The van der Waals surface area contributed by atoms with E-state index in [0.29, 0.717) is 18.2 Å². The molecule has 1 aliphatic carbocycles. The molecule has 3 unspecified atom stereocenters. The molecule has 1 N–H and O–H groups in total. The second-order valence-corrected chi connectivity index (χ2v) is 5.12. The van der Waals surface area contributed by atoms with Gasteiger partial charge in [0, 0.05) is 19.8 Å². The molecule has 0 aromatic carbocycles. The SMILES string of the molecule is CCNC(C)CCCOC1CCCC(OC)C1. The lowest BCUT2D eigenvalue weighted by atomic mass is 9.95. The molecule has 0 aliphatic heterocycles. The van der Waals surface area contributed by atoms with Crippen molar-refractivity contribution in [3.63, 3.8) is 0 Å². The number of hydrogen-bond donors (Lipinski definition) is 1. The van der Waals surface area contributed by atoms with Crippen LogP contribution in [0.4, 0.5) is 0 Å². The molecule has 17 heavy (non-hydrogen) atoms. The van der Waals surface area contributed by atoms with E-state index in [1.54, 1.807) is 0 Å². The van der Waals surface area contributed by atoms with Crippen LogP contribution in [0.1, 0.15) is 52.4 Å². The monoisotopic (exact) mass is 243 g/mol. The first kappa shape index (κ1) is 14.9. The van der Waals surface area contributed by atoms with Gasteiger partial charge in [-0.05, 0) is 52.0 Å². The Labute approximate surface area is 106 Å². The van der Waals surface area contributed by atoms with E-state index in [1.165, 1.54) is 25.7 Å². The number of nitrogens with one attached hydrogen (secondary N) is 1. The molecule has 0 spiro atoms. The molecule has 0 heterocycles. The molecule has 3 nitrogen and oxygen atoms in total. The van der Waals surface area contributed by atoms with Gasteiger partial charge in [-0.1, -0.05) is 6.92 Å². The summed E-state index contributed by atoms with van der Waals surface area (Å²) >= 11 is 0. The Morgan fingerprint density at radius 3 is 2.76 bits per heavy atom. The fourth-order valence-corrected chi connectivity index (χ4v) is 2.56. The third-order valence-electron chi connectivity index (χ3n) is 3.60. The molecule has 0 bridgehead atoms. The minimum Gasteiger partial charge on any atom is -0.381 e. The molecule has 1 rings (SSSR count). The van der Waals surface area contributed by atoms with Crippen molar-refractivity contribution in [2.24, 2.45) is 0 Å². The van der Waals surface area contributed by atoms with Crippen LogP contribution in [0.2, 0.25) is 0 Å². The molecular weight excluding hydrogens is 214 g/mol. The third kappa shape index (κ3) is 6.39. The number of methoxy groups -OCH3 is 1. The zero-order valence-electron chi connectivity index (χ0n) is 11.7. The summed E-state index contributed by atoms with van der Waals surface area (Å²) in [4.78, 5) is 0. The molecule has 3 heteroatoms. The van der Waals surface area contributed by atoms with Gasteiger partial charge in [-0.15, -0.1) is 0 Å². The summed E-state index contributed by atoms with van der Waals surface area (Å²) < 4.78 is 11.3. The lowest BCUT2D eigenvalue weighted by molar-refractivity contribution is -0.0305. The maximum absolute atomic E-state index is 5.94. The normalized spacial score (nSPS) is 27.0. The summed E-state index contributed by atoms with van der Waals surface area (Å²) in [5, 5.41) is 3.42. The van der Waals surface area contributed by atoms with Crippen LogP contribution in [0.5, 0.6) is 0 Å². The molecule has 0 aromatic rings. The van der Waals surface area contributed by atoms with Crippen LogP contribution in [0.3, 0.4) is 0 Å². The summed E-state index contributed by atoms with van der Waals surface area (Å²) in [7, 11) is 1.81. The van der Waals surface area contributed by atoms with Crippen molar-refractivity contribution in [3.05, 3.63) is 0 Å². The summed E-state index contributed by atoms with van der Waals surface area (Å²) in [6.07, 6.45) is 7.96. The molecule has 0 saturated heterocycles. The molecule has 3 atom stereocenters. The van der Waals surface area contributed by atoms with Gasteiger partial charge in [-0.25, -0.2) is 0 Å². The van der Waals surface area contributed by atoms with E-state index in [-0.39, 0.29) is 0 Å². The Kier molecular flexibility index (Phi) is 7.82. The summed E-state index contributed by atoms with van der Waals surface area (Å²) in [5.74, 6) is 0. The maximum atomic E-state index is 5.94. The average Bonchev–Trinajstić information content (AvgIpc) is 2.35. The quantitative estimate of drug-likeness (QED) is 0.665. The van der Waals surface area contributed by atoms with Gasteiger partial charge < -0.3 is 14.8 Å². The Morgan fingerprint density at radius 1 is 1.29 bits per heavy atom. The van der Waals surface area contributed by atoms with Crippen LogP contribution in [-0.2, 0) is 9.47 Å². The van der Waals surface area contributed by atoms with Gasteiger partial charge >= 0.3 is 0 Å². The lowest BCUT2D eigenvalue weighted by Crippen LogP contribution is -2.28. The van der Waals surface area contributed by atoms with Crippen LogP contribution in [0.15, 0.2) is 0 Å². The highest BCUT2D eigenvalue weighted by molar-refractivity contribution is 4.73. The largest absolute Gasteiger partial charge is 0.381 e. The summed E-state index contributed by atoms with van der Waals surface area (Å²) in [6.45, 7) is 6.35. The van der Waals surface area contributed by atoms with E-state index >= 15 is 0 Å². The molecule has 0 aromatic heterocycles. The molecule has 1 fully saturated rings. The van der Waals surface area contributed by atoms with E-state index in [0.717, 1.165) is 26.0 Å². The van der Waals surface area contributed by atoms with E-state index in [4.69, 9.17) is 9.47 Å². The van der Waals surface area contributed by atoms with Gasteiger partial charge in [-0.3, -0.25) is 0 Å². The van der Waals surface area contributed by atoms with Crippen molar-refractivity contribution in [2.45, 2.75) is 70.6 Å². The van der Waals surface area contributed by atoms with E-state index in [9.17, 15) is 0 Å². The molecule has 1 aliphatic rings. The fraction of sp³-hybridized carbons (Fsp3) is 1.00. The smallest absolute Gasteiger partial charge is 0.0599 e. The van der Waals surface area contributed by atoms with Crippen molar-refractivity contribution in [2.75, 3.05) is 20.3 Å². The summed E-state index contributed by atoms with van der Waals surface area (Å²) in [5.41, 5.74) is 0. The Balaban J connectivity index is 2.02. The lowest BCUT2D eigenvalue weighted by Gasteiger charge is -2.28. The minimum atomic E-state index is 0.425. The average molecular weight is 243 g/mol. The predicted octanol–water partition coefficient (Wildman–Crippen LogP) is 2.74. The minimum absolute atomic E-state index is 0.425. The van der Waals surface area contributed by atoms with Crippen LogP contribution >= 0.6 is 0 Å². The third-order valence-corrected chi connectivity index (χ3v) is 3.60. The van der Waals surface area contributed by atoms with Crippen LogP contribution in [0, 0.1) is 0 Å². The van der Waals surface area contributed by atoms with E-state index in [1.807, 2.05) is 7.11 Å². The first-order valence-corrected chi connectivity index (χ1v) is 7.14. The zero-order chi connectivity index (χ0) is 12.5. The maximum Gasteiger partial charge on any atom is 0.0599 e. The van der Waals surface area contributed by atoms with Crippen molar-refractivity contribution in [3.8, 4) is 0 Å². The highest BCUT2D eigenvalue weighted by atomic mass is 16.5. The Hall–Kier alpha value is -0.120. The highest BCUT2D eigenvalue weighted by Gasteiger charge is 2.21. The van der Waals surface area contributed by atoms with Crippen LogP contribution < -0.4 is 5.32 Å². The number of rotatable bonds is 8. The second-order valence-electron chi connectivity index (χ2n) is 5.12. The first-order chi connectivity index (χ1) is 8.26. The van der Waals surface area contributed by atoms with E-state index in [2.05, 4.69) is 19.2 Å². The highest BCUT2D eigenvalue weighted by Crippen LogP contribution is 2.23. The molecule has 0 amide bonds. The van der Waals surface area contributed by atoms with Crippen molar-refractivity contribution in [1.82, 2.24) is 5.32 Å². The van der Waals surface area contributed by atoms with Crippen LogP contribution in [0.25, 0.3) is 0 Å². The van der Waals surface area contributed by atoms with Crippen molar-refractivity contribution < 1.29 is 9.47 Å². The van der Waals surface area contributed by atoms with Crippen molar-refractivity contribution >= 4 is 0 Å². The molecule has 102 valence electrons. The predicted molar refractivity (Wildman–Crippen MR) is 71.4 cm³/mol. The number of ether oxygens (including phenoxy) is 2. The van der Waals surface area contributed by atoms with Gasteiger partial charge in [0.1, 0.15) is 0 Å². The van der Waals surface area contributed by atoms with Gasteiger partial charge in [0.25, 0.3) is 0 Å². The Morgan fingerprint density at radius 2 is 2.06 bits per heavy atom. The fourth-order valence-electron chi connectivity index (χ4n) is 2.56. The van der Waals surface area contributed by atoms with Gasteiger partial charge in [-0.2, -0.15) is 0 Å². The van der Waals surface area contributed by atoms with E-state index < -0.39 is 0 Å². The van der Waals surface area contributed by atoms with Crippen LogP contribution in [-0.4, -0.2) is 38.5 Å². The molecular formula is C14H29NO2. The first-order valence-electron chi connectivity index (χ1n) is 7.14. The zero-order valence-corrected chi connectivity index (χ0v) is 11.7. The second kappa shape index (κ2) is 8.90. The van der Waals surface area contributed by atoms with Gasteiger partial charge in [0.2, 0.25) is 0 Å². The van der Waals surface area contributed by atoms with Gasteiger partial charge in [0.05, 0.1) is 12.2 Å². The molecule has 0 radical (unpaired) electrons. The van der Waals surface area contributed by atoms with Gasteiger partial charge in [0.15, 0.2) is 0 Å². The summed E-state index contributed by atoms with van der Waals surface area (Å²) in [6, 6.07) is 0.613. The Bertz CT molecular complexity index is 187. The standard InChI is InChI=1S/C14H29NO2/c1-4-15-12(2)7-6-10-17-14-9-5-8-13(11-14)16-3/h12-15H,4-11H2,1-3H3. The topological polar surface area (TPSA) is 30.5 Å². The number of hydrogen-bond acceptors (Lipinski definition) is 3. The van der Waals surface area contributed by atoms with Crippen molar-refractivity contribution in [1.29, 1.82) is 0 Å².